The first-order valence-corrected chi connectivity index (χ1v) is 6.63. The number of benzene rings is 1. The first kappa shape index (κ1) is 19.3. The highest BCUT2D eigenvalue weighted by molar-refractivity contribution is 5.94. The molecule has 0 unspecified atom stereocenters. The Morgan fingerprint density at radius 2 is 2.14 bits per heavy atom. The minimum absolute atomic E-state index is 0. The Hall–Kier alpha value is -1.72. The van der Waals surface area contributed by atoms with E-state index in [1.165, 1.54) is 0 Å². The third-order valence-electron chi connectivity index (χ3n) is 2.70. The molecule has 3 N–H and O–H groups in total. The van der Waals surface area contributed by atoms with Crippen molar-refractivity contribution in [2.24, 2.45) is 5.73 Å². The van der Waals surface area contributed by atoms with Gasteiger partial charge in [0.05, 0.1) is 7.11 Å². The molecule has 1 aromatic rings. The number of nitrogens with two attached hydrogens (primary N) is 1. The van der Waals surface area contributed by atoms with Crippen LogP contribution in [0.3, 0.4) is 0 Å². The zero-order valence-corrected chi connectivity index (χ0v) is 13.1. The van der Waals surface area contributed by atoms with Crippen LogP contribution in [0.15, 0.2) is 30.9 Å². The summed E-state index contributed by atoms with van der Waals surface area (Å²) in [6.45, 7) is 5.23. The Kier molecular flexibility index (Phi) is 10.1. The lowest BCUT2D eigenvalue weighted by atomic mass is 10.2. The molecule has 0 saturated carbocycles. The predicted octanol–water partition coefficient (Wildman–Crippen LogP) is 2.15. The smallest absolute Gasteiger partial charge is 0.251 e. The molecule has 0 aliphatic rings. The van der Waals surface area contributed by atoms with Crippen LogP contribution in [0.25, 0.3) is 0 Å². The van der Waals surface area contributed by atoms with Gasteiger partial charge in [-0.15, -0.1) is 12.4 Å². The number of hydrogen-bond donors (Lipinski definition) is 2. The van der Waals surface area contributed by atoms with Crippen molar-refractivity contribution in [1.82, 2.24) is 5.32 Å². The van der Waals surface area contributed by atoms with E-state index in [1.807, 2.05) is 0 Å². The number of carbonyl (C=O) groups excluding carboxylic acids is 1. The number of nitrogens with one attached hydrogen (secondary N) is 1. The molecule has 5 nitrogen and oxygen atoms in total. The van der Waals surface area contributed by atoms with E-state index in [0.717, 1.165) is 12.8 Å². The fourth-order valence-electron chi connectivity index (χ4n) is 1.65. The number of unbranched alkanes of at least 4 members (excludes halogenated alkanes) is 1. The van der Waals surface area contributed by atoms with E-state index in [2.05, 4.69) is 11.9 Å². The third-order valence-corrected chi connectivity index (χ3v) is 2.70. The van der Waals surface area contributed by atoms with Crippen molar-refractivity contribution in [1.29, 1.82) is 0 Å². The van der Waals surface area contributed by atoms with E-state index in [-0.39, 0.29) is 18.3 Å². The van der Waals surface area contributed by atoms with Gasteiger partial charge < -0.3 is 20.5 Å². The summed E-state index contributed by atoms with van der Waals surface area (Å²) in [4.78, 5) is 11.9. The van der Waals surface area contributed by atoms with Gasteiger partial charge in [0.1, 0.15) is 6.61 Å². The predicted molar refractivity (Wildman–Crippen MR) is 86.6 cm³/mol. The van der Waals surface area contributed by atoms with Crippen molar-refractivity contribution in [3.63, 3.8) is 0 Å². The van der Waals surface area contributed by atoms with E-state index < -0.39 is 0 Å². The summed E-state index contributed by atoms with van der Waals surface area (Å²) in [7, 11) is 1.54. The van der Waals surface area contributed by atoms with Gasteiger partial charge in [-0.2, -0.15) is 0 Å². The molecule has 6 heteroatoms. The average Bonchev–Trinajstić information content (AvgIpc) is 2.49. The number of ether oxygens (including phenoxy) is 2. The fourth-order valence-corrected chi connectivity index (χ4v) is 1.65. The van der Waals surface area contributed by atoms with Crippen molar-refractivity contribution in [3.8, 4) is 11.5 Å². The molecule has 0 saturated heterocycles. The SMILES string of the molecule is C=CCOc1ccc(C(=O)NCCCCN)cc1OC.Cl. The molecule has 0 aromatic heterocycles. The number of carbonyl (C=O) groups is 1. The molecule has 1 amide bonds. The highest BCUT2D eigenvalue weighted by Gasteiger charge is 2.10. The van der Waals surface area contributed by atoms with Crippen LogP contribution < -0.4 is 20.5 Å². The van der Waals surface area contributed by atoms with Crippen LogP contribution in [0.2, 0.25) is 0 Å². The molecule has 0 aliphatic heterocycles. The molecule has 21 heavy (non-hydrogen) atoms. The molecule has 118 valence electrons. The van der Waals surface area contributed by atoms with Gasteiger partial charge in [-0.25, -0.2) is 0 Å². The normalized spacial score (nSPS) is 9.43. The highest BCUT2D eigenvalue weighted by atomic mass is 35.5. The Labute approximate surface area is 131 Å². The fraction of sp³-hybridized carbons (Fsp3) is 0.400. The van der Waals surface area contributed by atoms with Gasteiger partial charge in [-0.3, -0.25) is 4.79 Å². The molecule has 0 bridgehead atoms. The molecule has 0 atom stereocenters. The lowest BCUT2D eigenvalue weighted by Crippen LogP contribution is -2.24. The van der Waals surface area contributed by atoms with Crippen molar-refractivity contribution in [2.45, 2.75) is 12.8 Å². The number of amides is 1. The number of hydrogen-bond acceptors (Lipinski definition) is 4. The second-order valence-electron chi connectivity index (χ2n) is 4.22. The van der Waals surface area contributed by atoms with Gasteiger partial charge in [-0.1, -0.05) is 12.7 Å². The minimum Gasteiger partial charge on any atom is -0.493 e. The molecule has 0 fully saturated rings. The maximum Gasteiger partial charge on any atom is 0.251 e. The van der Waals surface area contributed by atoms with Crippen molar-refractivity contribution >= 4 is 18.3 Å². The topological polar surface area (TPSA) is 73.6 Å². The minimum atomic E-state index is -0.129. The zero-order chi connectivity index (χ0) is 14.8. The Morgan fingerprint density at radius 3 is 2.76 bits per heavy atom. The maximum absolute atomic E-state index is 11.9. The molecule has 0 aliphatic carbocycles. The lowest BCUT2D eigenvalue weighted by molar-refractivity contribution is 0.0952. The van der Waals surface area contributed by atoms with E-state index in [0.29, 0.717) is 36.8 Å². The largest absolute Gasteiger partial charge is 0.493 e. The summed E-state index contributed by atoms with van der Waals surface area (Å²) in [6, 6.07) is 5.09. The molecule has 0 spiro atoms. The van der Waals surface area contributed by atoms with Crippen LogP contribution >= 0.6 is 12.4 Å². The van der Waals surface area contributed by atoms with Gasteiger partial charge in [-0.05, 0) is 37.6 Å². The maximum atomic E-state index is 11.9. The second-order valence-corrected chi connectivity index (χ2v) is 4.22. The average molecular weight is 315 g/mol. The van der Waals surface area contributed by atoms with Crippen molar-refractivity contribution < 1.29 is 14.3 Å². The van der Waals surface area contributed by atoms with Crippen LogP contribution in [0.5, 0.6) is 11.5 Å². The number of rotatable bonds is 9. The second kappa shape index (κ2) is 11.0. The highest BCUT2D eigenvalue weighted by Crippen LogP contribution is 2.28. The molecular formula is C15H23ClN2O3. The quantitative estimate of drug-likeness (QED) is 0.541. The van der Waals surface area contributed by atoms with Crippen molar-refractivity contribution in [3.05, 3.63) is 36.4 Å². The van der Waals surface area contributed by atoms with Crippen LogP contribution in [0.1, 0.15) is 23.2 Å². The Balaban J connectivity index is 0.00000400. The van der Waals surface area contributed by atoms with Gasteiger partial charge in [0.2, 0.25) is 0 Å². The van der Waals surface area contributed by atoms with Gasteiger partial charge in [0.25, 0.3) is 5.91 Å². The molecule has 0 radical (unpaired) electrons. The van der Waals surface area contributed by atoms with Gasteiger partial charge in [0, 0.05) is 12.1 Å². The van der Waals surface area contributed by atoms with E-state index in [4.69, 9.17) is 15.2 Å². The van der Waals surface area contributed by atoms with Gasteiger partial charge in [0.15, 0.2) is 11.5 Å². The monoisotopic (exact) mass is 314 g/mol. The summed E-state index contributed by atoms with van der Waals surface area (Å²) < 4.78 is 10.7. The molecular weight excluding hydrogens is 292 g/mol. The van der Waals surface area contributed by atoms with Gasteiger partial charge >= 0.3 is 0 Å². The lowest BCUT2D eigenvalue weighted by Gasteiger charge is -2.11. The number of methoxy groups -OCH3 is 1. The van der Waals surface area contributed by atoms with Crippen LogP contribution in [-0.4, -0.2) is 32.7 Å². The molecule has 1 aromatic carbocycles. The zero-order valence-electron chi connectivity index (χ0n) is 12.3. The third kappa shape index (κ3) is 6.51. The summed E-state index contributed by atoms with van der Waals surface area (Å²) in [5.74, 6) is 0.990. The van der Waals surface area contributed by atoms with Crippen LogP contribution in [0, 0.1) is 0 Å². The summed E-state index contributed by atoms with van der Waals surface area (Å²) in [5.41, 5.74) is 5.94. The summed E-state index contributed by atoms with van der Waals surface area (Å²) >= 11 is 0. The standard InChI is InChI=1S/C15H22N2O3.ClH/c1-3-10-20-13-7-6-12(11-14(13)19-2)15(18)17-9-5-4-8-16;/h3,6-7,11H,1,4-5,8-10,16H2,2H3,(H,17,18);1H. The van der Waals surface area contributed by atoms with E-state index >= 15 is 0 Å². The van der Waals surface area contributed by atoms with Crippen LogP contribution in [0.4, 0.5) is 0 Å². The molecule has 1 rings (SSSR count). The van der Waals surface area contributed by atoms with E-state index in [9.17, 15) is 4.79 Å². The van der Waals surface area contributed by atoms with Crippen molar-refractivity contribution in [2.75, 3.05) is 26.8 Å². The first-order valence-electron chi connectivity index (χ1n) is 6.63. The van der Waals surface area contributed by atoms with E-state index in [1.54, 1.807) is 31.4 Å². The Morgan fingerprint density at radius 1 is 1.38 bits per heavy atom. The van der Waals surface area contributed by atoms with Crippen LogP contribution in [-0.2, 0) is 0 Å². The summed E-state index contributed by atoms with van der Waals surface area (Å²) in [6.07, 6.45) is 3.43. The summed E-state index contributed by atoms with van der Waals surface area (Å²) in [5, 5.41) is 2.84. The molecule has 0 heterocycles. The first-order chi connectivity index (χ1) is 9.72. The number of halogens is 1. The Bertz CT molecular complexity index is 453.